The van der Waals surface area contributed by atoms with Crippen molar-refractivity contribution in [1.29, 1.82) is 0 Å². The van der Waals surface area contributed by atoms with Crippen LogP contribution >= 0.6 is 0 Å². The van der Waals surface area contributed by atoms with Crippen molar-refractivity contribution >= 4 is 11.6 Å². The van der Waals surface area contributed by atoms with Crippen LogP contribution in [0.15, 0.2) is 47.8 Å². The van der Waals surface area contributed by atoms with E-state index in [0.29, 0.717) is 23.5 Å². The molecule has 1 N–H and O–H groups in total. The SMILES string of the molecule is CCC1=NN(C(=O)Cc2ccc(OC)c(OC)c2)C(O)(c2ccncc2)C1. The van der Waals surface area contributed by atoms with Crippen molar-refractivity contribution in [1.82, 2.24) is 9.99 Å². The Morgan fingerprint density at radius 3 is 2.52 bits per heavy atom. The zero-order valence-electron chi connectivity index (χ0n) is 15.7. The van der Waals surface area contributed by atoms with Crippen molar-refractivity contribution in [2.24, 2.45) is 5.10 Å². The quantitative estimate of drug-likeness (QED) is 0.846. The minimum atomic E-state index is -1.50. The highest BCUT2D eigenvalue weighted by Gasteiger charge is 2.45. The van der Waals surface area contributed by atoms with Gasteiger partial charge in [0.2, 0.25) is 5.91 Å². The topological polar surface area (TPSA) is 84.3 Å². The molecule has 1 amide bonds. The molecule has 0 aliphatic carbocycles. The number of nitrogens with zero attached hydrogens (tertiary/aromatic N) is 3. The molecular weight excluding hydrogens is 346 g/mol. The van der Waals surface area contributed by atoms with Gasteiger partial charge in [0.15, 0.2) is 17.2 Å². The van der Waals surface area contributed by atoms with E-state index in [1.807, 2.05) is 6.92 Å². The zero-order chi connectivity index (χ0) is 19.4. The normalized spacial score (nSPS) is 19.0. The van der Waals surface area contributed by atoms with Crippen molar-refractivity contribution in [2.45, 2.75) is 31.9 Å². The molecule has 0 fully saturated rings. The van der Waals surface area contributed by atoms with E-state index in [1.165, 1.54) is 5.01 Å². The third kappa shape index (κ3) is 3.64. The molecule has 1 unspecified atom stereocenters. The highest BCUT2D eigenvalue weighted by Crippen LogP contribution is 2.36. The molecule has 2 heterocycles. The summed E-state index contributed by atoms with van der Waals surface area (Å²) in [5.41, 5.74) is 0.609. The number of pyridine rings is 1. The number of aromatic nitrogens is 1. The first-order chi connectivity index (χ1) is 13.0. The van der Waals surface area contributed by atoms with Crippen LogP contribution < -0.4 is 9.47 Å². The largest absolute Gasteiger partial charge is 0.493 e. The number of methoxy groups -OCH3 is 2. The lowest BCUT2D eigenvalue weighted by molar-refractivity contribution is -0.157. The molecule has 0 saturated carbocycles. The molecule has 3 rings (SSSR count). The second kappa shape index (κ2) is 7.75. The third-order valence-electron chi connectivity index (χ3n) is 4.63. The number of rotatable bonds is 6. The lowest BCUT2D eigenvalue weighted by atomic mass is 9.97. The van der Waals surface area contributed by atoms with Gasteiger partial charge in [-0.2, -0.15) is 10.1 Å². The van der Waals surface area contributed by atoms with Crippen molar-refractivity contribution < 1.29 is 19.4 Å². The lowest BCUT2D eigenvalue weighted by Crippen LogP contribution is -2.44. The molecule has 1 aromatic carbocycles. The predicted molar refractivity (Wildman–Crippen MR) is 101 cm³/mol. The van der Waals surface area contributed by atoms with Gasteiger partial charge >= 0.3 is 0 Å². The molecule has 0 bridgehead atoms. The maximum absolute atomic E-state index is 13.0. The summed E-state index contributed by atoms with van der Waals surface area (Å²) in [5, 5.41) is 16.8. The Morgan fingerprint density at radius 2 is 1.89 bits per heavy atom. The number of carbonyl (C=O) groups excluding carboxylic acids is 1. The monoisotopic (exact) mass is 369 g/mol. The van der Waals surface area contributed by atoms with Gasteiger partial charge in [0.25, 0.3) is 0 Å². The van der Waals surface area contributed by atoms with Crippen LogP contribution in [-0.2, 0) is 16.9 Å². The highest BCUT2D eigenvalue weighted by molar-refractivity contribution is 5.91. The summed E-state index contributed by atoms with van der Waals surface area (Å²) in [5.74, 6) is 0.839. The summed E-state index contributed by atoms with van der Waals surface area (Å²) in [6, 6.07) is 8.70. The average Bonchev–Trinajstić information content (AvgIpc) is 3.06. The molecule has 7 heteroatoms. The van der Waals surface area contributed by atoms with Crippen molar-refractivity contribution in [3.05, 3.63) is 53.9 Å². The number of hydrogen-bond acceptors (Lipinski definition) is 6. The van der Waals surface area contributed by atoms with Crippen molar-refractivity contribution in [3.8, 4) is 11.5 Å². The fraction of sp³-hybridized carbons (Fsp3) is 0.350. The van der Waals surface area contributed by atoms with Crippen LogP contribution in [0.1, 0.15) is 30.9 Å². The van der Waals surface area contributed by atoms with Crippen LogP contribution in [0.25, 0.3) is 0 Å². The molecule has 0 saturated heterocycles. The van der Waals surface area contributed by atoms with E-state index in [9.17, 15) is 9.90 Å². The van der Waals surface area contributed by atoms with Gasteiger partial charge in [-0.05, 0) is 36.2 Å². The molecule has 7 nitrogen and oxygen atoms in total. The van der Waals surface area contributed by atoms with Gasteiger partial charge in [-0.15, -0.1) is 0 Å². The molecule has 0 radical (unpaired) electrons. The Balaban J connectivity index is 1.88. The van der Waals surface area contributed by atoms with E-state index in [1.54, 1.807) is 56.9 Å². The Morgan fingerprint density at radius 1 is 1.19 bits per heavy atom. The van der Waals surface area contributed by atoms with Crippen LogP contribution in [0.4, 0.5) is 0 Å². The van der Waals surface area contributed by atoms with Gasteiger partial charge in [-0.3, -0.25) is 9.78 Å². The number of carbonyl (C=O) groups is 1. The van der Waals surface area contributed by atoms with Gasteiger partial charge in [-0.1, -0.05) is 13.0 Å². The second-order valence-corrected chi connectivity index (χ2v) is 6.32. The number of aliphatic hydroxyl groups is 1. The first kappa shape index (κ1) is 18.8. The van der Waals surface area contributed by atoms with Crippen LogP contribution in [0.5, 0.6) is 11.5 Å². The van der Waals surface area contributed by atoms with Crippen LogP contribution in [0.3, 0.4) is 0 Å². The molecule has 27 heavy (non-hydrogen) atoms. The van der Waals surface area contributed by atoms with E-state index < -0.39 is 5.72 Å². The van der Waals surface area contributed by atoms with Crippen LogP contribution in [0, 0.1) is 0 Å². The fourth-order valence-electron chi connectivity index (χ4n) is 3.16. The number of benzene rings is 1. The van der Waals surface area contributed by atoms with Gasteiger partial charge in [0, 0.05) is 30.1 Å². The fourth-order valence-corrected chi connectivity index (χ4v) is 3.16. The highest BCUT2D eigenvalue weighted by atomic mass is 16.5. The first-order valence-electron chi connectivity index (χ1n) is 8.75. The van der Waals surface area contributed by atoms with Gasteiger partial charge in [0.1, 0.15) is 0 Å². The van der Waals surface area contributed by atoms with Gasteiger partial charge in [0.05, 0.1) is 20.6 Å². The zero-order valence-corrected chi connectivity index (χ0v) is 15.7. The molecular formula is C20H23N3O4. The second-order valence-electron chi connectivity index (χ2n) is 6.32. The summed E-state index contributed by atoms with van der Waals surface area (Å²) in [6.45, 7) is 1.95. The molecule has 1 aromatic heterocycles. The number of amides is 1. The summed E-state index contributed by atoms with van der Waals surface area (Å²) in [6.07, 6.45) is 4.20. The summed E-state index contributed by atoms with van der Waals surface area (Å²) < 4.78 is 10.5. The minimum Gasteiger partial charge on any atom is -0.493 e. The number of ether oxygens (including phenoxy) is 2. The molecule has 2 aromatic rings. The van der Waals surface area contributed by atoms with Crippen molar-refractivity contribution in [3.63, 3.8) is 0 Å². The van der Waals surface area contributed by atoms with Gasteiger partial charge < -0.3 is 14.6 Å². The van der Waals surface area contributed by atoms with E-state index in [-0.39, 0.29) is 18.7 Å². The average molecular weight is 369 g/mol. The number of hydrogen-bond donors (Lipinski definition) is 1. The molecule has 142 valence electrons. The van der Waals surface area contributed by atoms with E-state index in [0.717, 1.165) is 11.3 Å². The van der Waals surface area contributed by atoms with Crippen LogP contribution in [0.2, 0.25) is 0 Å². The Bertz CT molecular complexity index is 854. The molecule has 0 spiro atoms. The summed E-state index contributed by atoms with van der Waals surface area (Å²) in [7, 11) is 3.10. The predicted octanol–water partition coefficient (Wildman–Crippen LogP) is 2.48. The maximum atomic E-state index is 13.0. The summed E-state index contributed by atoms with van der Waals surface area (Å²) >= 11 is 0. The van der Waals surface area contributed by atoms with E-state index in [4.69, 9.17) is 9.47 Å². The van der Waals surface area contributed by atoms with Crippen molar-refractivity contribution in [2.75, 3.05) is 14.2 Å². The van der Waals surface area contributed by atoms with Crippen LogP contribution in [-0.4, -0.2) is 40.9 Å². The lowest BCUT2D eigenvalue weighted by Gasteiger charge is -2.31. The number of hydrazone groups is 1. The smallest absolute Gasteiger partial charge is 0.250 e. The van der Waals surface area contributed by atoms with E-state index in [2.05, 4.69) is 10.1 Å². The third-order valence-corrected chi connectivity index (χ3v) is 4.63. The molecule has 1 atom stereocenters. The Hall–Kier alpha value is -2.93. The standard InChI is InChI=1S/C20H23N3O4/c1-4-16-13-20(25,15-7-9-21-10-8-15)23(22-16)19(24)12-14-5-6-17(26-2)18(11-14)27-3/h5-11,25H,4,12-13H2,1-3H3. The van der Waals surface area contributed by atoms with Gasteiger partial charge in [-0.25, -0.2) is 0 Å². The molecule has 1 aliphatic heterocycles. The minimum absolute atomic E-state index is 0.0776. The molecule has 1 aliphatic rings. The summed E-state index contributed by atoms with van der Waals surface area (Å²) in [4.78, 5) is 17.0. The first-order valence-corrected chi connectivity index (χ1v) is 8.75. The Labute approximate surface area is 158 Å². The maximum Gasteiger partial charge on any atom is 0.250 e. The Kier molecular flexibility index (Phi) is 5.41. The van der Waals surface area contributed by atoms with E-state index >= 15 is 0 Å².